The first-order chi connectivity index (χ1) is 14.4. The largest absolute Gasteiger partial charge is 0.497 e. The van der Waals surface area contributed by atoms with Crippen LogP contribution in [-0.4, -0.2) is 59.0 Å². The number of aromatic amines is 1. The van der Waals surface area contributed by atoms with Crippen molar-refractivity contribution in [2.75, 3.05) is 26.9 Å². The van der Waals surface area contributed by atoms with Crippen LogP contribution in [0.15, 0.2) is 34.4 Å². The van der Waals surface area contributed by atoms with Crippen molar-refractivity contribution in [2.45, 2.75) is 39.5 Å². The molecule has 0 saturated carbocycles. The molecular formula is C22H29N3O4S. The van der Waals surface area contributed by atoms with Crippen LogP contribution in [0.3, 0.4) is 0 Å². The van der Waals surface area contributed by atoms with E-state index >= 15 is 0 Å². The average Bonchev–Trinajstić information content (AvgIpc) is 3.16. The zero-order chi connectivity index (χ0) is 21.7. The maximum Gasteiger partial charge on any atom is 0.260 e. The molecule has 0 bridgehead atoms. The van der Waals surface area contributed by atoms with Gasteiger partial charge in [-0.3, -0.25) is 9.69 Å². The van der Waals surface area contributed by atoms with Gasteiger partial charge in [0, 0.05) is 30.1 Å². The predicted molar refractivity (Wildman–Crippen MR) is 120 cm³/mol. The molecule has 2 N–H and O–H groups in total. The average molecular weight is 432 g/mol. The molecule has 2 heterocycles. The second-order valence-corrected chi connectivity index (χ2v) is 8.27. The molecule has 1 unspecified atom stereocenters. The van der Waals surface area contributed by atoms with Crippen molar-refractivity contribution in [2.24, 2.45) is 0 Å². The molecule has 8 heteroatoms. The van der Waals surface area contributed by atoms with Gasteiger partial charge in [0.2, 0.25) is 0 Å². The normalized spacial score (nSPS) is 12.8. The first-order valence-electron chi connectivity index (χ1n) is 10.1. The number of hydrogen-bond acceptors (Lipinski definition) is 7. The van der Waals surface area contributed by atoms with Crippen LogP contribution in [0.25, 0.3) is 21.3 Å². The fraction of sp³-hybridized carbons (Fsp3) is 0.455. The van der Waals surface area contributed by atoms with Crippen LogP contribution in [0, 0.1) is 0 Å². The molecule has 0 spiro atoms. The van der Waals surface area contributed by atoms with Gasteiger partial charge in [0.25, 0.3) is 5.56 Å². The molecule has 1 atom stereocenters. The van der Waals surface area contributed by atoms with Gasteiger partial charge in [0.05, 0.1) is 31.8 Å². The molecule has 0 aliphatic heterocycles. The highest BCUT2D eigenvalue weighted by atomic mass is 32.1. The van der Waals surface area contributed by atoms with E-state index in [2.05, 4.69) is 23.7 Å². The number of H-pyrrole nitrogens is 1. The molecule has 0 fully saturated rings. The second kappa shape index (κ2) is 10.2. The first-order valence-corrected chi connectivity index (χ1v) is 11.0. The summed E-state index contributed by atoms with van der Waals surface area (Å²) in [5.41, 5.74) is 1.66. The Balaban J connectivity index is 1.85. The Morgan fingerprint density at radius 3 is 2.63 bits per heavy atom. The lowest BCUT2D eigenvalue weighted by molar-refractivity contribution is 0.0127. The summed E-state index contributed by atoms with van der Waals surface area (Å²) < 4.78 is 10.5. The number of benzene rings is 1. The van der Waals surface area contributed by atoms with Crippen LogP contribution in [0.4, 0.5) is 0 Å². The molecule has 0 saturated heterocycles. The summed E-state index contributed by atoms with van der Waals surface area (Å²) in [6.07, 6.45) is -0.591. The number of hydrogen-bond donors (Lipinski definition) is 2. The molecule has 162 valence electrons. The van der Waals surface area contributed by atoms with E-state index in [0.717, 1.165) is 16.9 Å². The van der Waals surface area contributed by atoms with Crippen LogP contribution in [-0.2, 0) is 11.3 Å². The van der Waals surface area contributed by atoms with Crippen molar-refractivity contribution in [3.63, 3.8) is 0 Å². The lowest BCUT2D eigenvalue weighted by atomic mass is 10.1. The summed E-state index contributed by atoms with van der Waals surface area (Å²) in [5.74, 6) is 1.36. The zero-order valence-corrected chi connectivity index (χ0v) is 18.7. The summed E-state index contributed by atoms with van der Waals surface area (Å²) in [7, 11) is 1.63. The first kappa shape index (κ1) is 22.4. The zero-order valence-electron chi connectivity index (χ0n) is 17.8. The number of ether oxygens (including phenoxy) is 2. The van der Waals surface area contributed by atoms with E-state index in [9.17, 15) is 9.90 Å². The molecule has 7 nitrogen and oxygen atoms in total. The van der Waals surface area contributed by atoms with Crippen molar-refractivity contribution in [3.05, 3.63) is 45.8 Å². The molecular weight excluding hydrogens is 402 g/mol. The molecule has 0 radical (unpaired) electrons. The van der Waals surface area contributed by atoms with Crippen LogP contribution in [0.2, 0.25) is 0 Å². The Labute approximate surface area is 180 Å². The molecule has 3 aromatic rings. The fourth-order valence-electron chi connectivity index (χ4n) is 3.28. The van der Waals surface area contributed by atoms with Crippen LogP contribution < -0.4 is 10.3 Å². The van der Waals surface area contributed by atoms with Gasteiger partial charge < -0.3 is 19.6 Å². The maximum absolute atomic E-state index is 12.9. The smallest absolute Gasteiger partial charge is 0.260 e. The monoisotopic (exact) mass is 431 g/mol. The van der Waals surface area contributed by atoms with Gasteiger partial charge in [-0.25, -0.2) is 4.98 Å². The number of aliphatic hydroxyl groups is 1. The lowest BCUT2D eigenvalue weighted by Crippen LogP contribution is -2.39. The van der Waals surface area contributed by atoms with Crippen molar-refractivity contribution in [1.82, 2.24) is 14.9 Å². The molecule has 0 aliphatic rings. The maximum atomic E-state index is 12.9. The van der Waals surface area contributed by atoms with Gasteiger partial charge in [-0.1, -0.05) is 12.1 Å². The van der Waals surface area contributed by atoms with Crippen LogP contribution >= 0.6 is 11.3 Å². The van der Waals surface area contributed by atoms with Crippen molar-refractivity contribution >= 4 is 21.6 Å². The third kappa shape index (κ3) is 5.26. The van der Waals surface area contributed by atoms with Crippen molar-refractivity contribution in [1.29, 1.82) is 0 Å². The summed E-state index contributed by atoms with van der Waals surface area (Å²) in [6, 6.07) is 7.81. The van der Waals surface area contributed by atoms with E-state index in [1.807, 2.05) is 36.6 Å². The number of rotatable bonds is 10. The van der Waals surface area contributed by atoms with Crippen molar-refractivity contribution < 1.29 is 14.6 Å². The molecule has 0 aliphatic carbocycles. The van der Waals surface area contributed by atoms with Gasteiger partial charge in [-0.05, 0) is 38.5 Å². The van der Waals surface area contributed by atoms with Gasteiger partial charge in [-0.15, -0.1) is 11.3 Å². The van der Waals surface area contributed by atoms with Crippen molar-refractivity contribution in [3.8, 4) is 16.9 Å². The Bertz CT molecular complexity index is 1010. The molecule has 0 amide bonds. The molecule has 30 heavy (non-hydrogen) atoms. The fourth-order valence-corrected chi connectivity index (χ4v) is 4.25. The Hall–Kier alpha value is -2.26. The van der Waals surface area contributed by atoms with Gasteiger partial charge >= 0.3 is 0 Å². The van der Waals surface area contributed by atoms with E-state index in [4.69, 9.17) is 14.5 Å². The highest BCUT2D eigenvalue weighted by Gasteiger charge is 2.18. The van der Waals surface area contributed by atoms with E-state index in [1.54, 1.807) is 7.11 Å². The third-order valence-electron chi connectivity index (χ3n) is 4.94. The molecule has 2 aromatic heterocycles. The Morgan fingerprint density at radius 2 is 2.00 bits per heavy atom. The van der Waals surface area contributed by atoms with Crippen LogP contribution in [0.5, 0.6) is 5.75 Å². The third-order valence-corrected chi connectivity index (χ3v) is 5.81. The second-order valence-electron chi connectivity index (χ2n) is 7.41. The number of nitrogens with one attached hydrogen (secondary N) is 1. The highest BCUT2D eigenvalue weighted by molar-refractivity contribution is 7.17. The SMILES string of the molecule is CCOCC(O)CN(Cc1nc2scc(-c3ccc(OC)cc3)c2c(=O)[nH]1)C(C)C. The van der Waals surface area contributed by atoms with Gasteiger partial charge in [-0.2, -0.15) is 0 Å². The summed E-state index contributed by atoms with van der Waals surface area (Å²) >= 11 is 1.46. The van der Waals surface area contributed by atoms with E-state index < -0.39 is 6.10 Å². The van der Waals surface area contributed by atoms with Gasteiger partial charge in [0.15, 0.2) is 0 Å². The number of methoxy groups -OCH3 is 1. The molecule has 3 rings (SSSR count). The topological polar surface area (TPSA) is 87.7 Å². The number of nitrogens with zero attached hydrogens (tertiary/aromatic N) is 2. The number of aliphatic hydroxyl groups excluding tert-OH is 1. The number of fused-ring (bicyclic) bond motifs is 1. The number of aromatic nitrogens is 2. The number of thiophene rings is 1. The highest BCUT2D eigenvalue weighted by Crippen LogP contribution is 2.31. The van der Waals surface area contributed by atoms with E-state index in [-0.39, 0.29) is 11.6 Å². The summed E-state index contributed by atoms with van der Waals surface area (Å²) in [6.45, 7) is 7.76. The summed E-state index contributed by atoms with van der Waals surface area (Å²) in [4.78, 5) is 23.3. The minimum Gasteiger partial charge on any atom is -0.497 e. The van der Waals surface area contributed by atoms with E-state index in [1.165, 1.54) is 11.3 Å². The van der Waals surface area contributed by atoms with Gasteiger partial charge in [0.1, 0.15) is 16.4 Å². The minimum absolute atomic E-state index is 0.152. The summed E-state index contributed by atoms with van der Waals surface area (Å²) in [5, 5.41) is 12.8. The lowest BCUT2D eigenvalue weighted by Gasteiger charge is -2.28. The molecule has 1 aromatic carbocycles. The Morgan fingerprint density at radius 1 is 1.27 bits per heavy atom. The quantitative estimate of drug-likeness (QED) is 0.512. The predicted octanol–water partition coefficient (Wildman–Crippen LogP) is 3.27. The minimum atomic E-state index is -0.591. The van der Waals surface area contributed by atoms with Crippen LogP contribution in [0.1, 0.15) is 26.6 Å². The Kier molecular flexibility index (Phi) is 7.60. The van der Waals surface area contributed by atoms with E-state index in [0.29, 0.717) is 42.3 Å². The standard InChI is InChI=1S/C22H29N3O4S/c1-5-29-12-16(26)10-25(14(2)3)11-19-23-21(27)20-18(13-30-22(20)24-19)15-6-8-17(28-4)9-7-15/h6-9,13-14,16,26H,5,10-12H2,1-4H3,(H,23,24,27).